The van der Waals surface area contributed by atoms with E-state index in [-0.39, 0.29) is 12.4 Å². The highest BCUT2D eigenvalue weighted by atomic mass is 35.5. The number of nitrogens with zero attached hydrogens (tertiary/aromatic N) is 2. The molecule has 0 aromatic heterocycles. The number of benzene rings is 1. The third kappa shape index (κ3) is 1.90. The second-order valence-corrected chi connectivity index (χ2v) is 2.07. The zero-order valence-corrected chi connectivity index (χ0v) is 6.68. The fourth-order valence-corrected chi connectivity index (χ4v) is 0.754. The molecule has 0 amide bonds. The first kappa shape index (κ1) is 9.28. The molecule has 52 valence electrons. The molecule has 0 bridgehead atoms. The molecule has 0 aliphatic carbocycles. The van der Waals surface area contributed by atoms with Crippen LogP contribution in [0.2, 0.25) is 0 Å². The van der Waals surface area contributed by atoms with E-state index in [1.165, 1.54) is 0 Å². The Morgan fingerprint density at radius 2 is 1.90 bits per heavy atom. The van der Waals surface area contributed by atoms with Gasteiger partial charge in [0.25, 0.3) is 0 Å². The Morgan fingerprint density at radius 3 is 2.30 bits per heavy atom. The molecule has 0 atom stereocenters. The van der Waals surface area contributed by atoms with Crippen molar-refractivity contribution >= 4 is 18.3 Å². The summed E-state index contributed by atoms with van der Waals surface area (Å²) in [6, 6.07) is 7.06. The molecule has 0 N–H and O–H groups in total. The van der Waals surface area contributed by atoms with E-state index in [0.717, 1.165) is 0 Å². The predicted octanol–water partition coefficient (Wildman–Crippen LogP) is -0.536. The van der Waals surface area contributed by atoms with Gasteiger partial charge in [-0.2, -0.15) is 0 Å². The van der Waals surface area contributed by atoms with Crippen LogP contribution in [-0.4, -0.2) is 0 Å². The third-order valence-corrected chi connectivity index (χ3v) is 1.37. The Balaban J connectivity index is 0.000000810. The molecule has 0 unspecified atom stereocenters. The fourth-order valence-electron chi connectivity index (χ4n) is 0.549. The summed E-state index contributed by atoms with van der Waals surface area (Å²) < 4.78 is 0. The van der Waals surface area contributed by atoms with Gasteiger partial charge in [0.2, 0.25) is 5.39 Å². The first-order valence-corrected chi connectivity index (χ1v) is 2.92. The molecule has 1 aromatic carbocycles. The first-order chi connectivity index (χ1) is 4.34. The van der Waals surface area contributed by atoms with Gasteiger partial charge in [-0.05, 0) is 6.07 Å². The van der Waals surface area contributed by atoms with Gasteiger partial charge >= 0.3 is 5.69 Å². The minimum atomic E-state index is 0. The van der Waals surface area contributed by atoms with Crippen molar-refractivity contribution in [3.8, 4) is 0 Å². The lowest BCUT2D eigenvalue weighted by Gasteiger charge is -1.79. The highest BCUT2D eigenvalue weighted by Crippen LogP contribution is 2.20. The highest BCUT2D eigenvalue weighted by Gasteiger charge is 2.05. The monoisotopic (exact) mass is 172 g/mol. The minimum absolute atomic E-state index is 0. The molecule has 0 spiro atoms. The van der Waals surface area contributed by atoms with E-state index >= 15 is 0 Å². The van der Waals surface area contributed by atoms with Crippen molar-refractivity contribution < 1.29 is 12.4 Å². The molecule has 4 heteroatoms. The van der Waals surface area contributed by atoms with Crippen LogP contribution in [0.5, 0.6) is 0 Å². The van der Waals surface area contributed by atoms with E-state index in [0.29, 0.717) is 10.6 Å². The Kier molecular flexibility index (Phi) is 3.85. The highest BCUT2D eigenvalue weighted by molar-refractivity contribution is 7.80. The van der Waals surface area contributed by atoms with E-state index in [9.17, 15) is 0 Å². The molecule has 0 saturated heterocycles. The van der Waals surface area contributed by atoms with Crippen molar-refractivity contribution in [2.24, 2.45) is 0 Å². The van der Waals surface area contributed by atoms with E-state index in [2.05, 4.69) is 17.6 Å². The summed E-state index contributed by atoms with van der Waals surface area (Å²) in [6.45, 7) is 0. The number of hydrogen-bond acceptors (Lipinski definition) is 2. The van der Waals surface area contributed by atoms with Crippen molar-refractivity contribution in [3.05, 3.63) is 29.2 Å². The average Bonchev–Trinajstić information content (AvgIpc) is 1.89. The summed E-state index contributed by atoms with van der Waals surface area (Å²) in [5.74, 6) is 0. The lowest BCUT2D eigenvalue weighted by Crippen LogP contribution is -3.00. The zero-order chi connectivity index (χ0) is 6.69. The van der Waals surface area contributed by atoms with Gasteiger partial charge in [-0.3, -0.25) is 0 Å². The topological polar surface area (TPSA) is 28.1 Å². The Labute approximate surface area is 70.7 Å². The van der Waals surface area contributed by atoms with E-state index < -0.39 is 0 Å². The molecular formula is C6H5ClN2S. The summed E-state index contributed by atoms with van der Waals surface area (Å²) in [4.78, 5) is 3.67. The molecule has 0 heterocycles. The van der Waals surface area contributed by atoms with Gasteiger partial charge in [-0.1, -0.05) is 12.1 Å². The van der Waals surface area contributed by atoms with Crippen molar-refractivity contribution in [2.45, 2.75) is 4.90 Å². The van der Waals surface area contributed by atoms with Crippen LogP contribution in [0.4, 0.5) is 5.69 Å². The minimum Gasteiger partial charge on any atom is -1.00 e. The van der Waals surface area contributed by atoms with Gasteiger partial charge in [0.1, 0.15) is 0 Å². The van der Waals surface area contributed by atoms with Crippen molar-refractivity contribution in [1.29, 1.82) is 5.39 Å². The van der Waals surface area contributed by atoms with Crippen LogP contribution in [-0.2, 0) is 0 Å². The van der Waals surface area contributed by atoms with E-state index in [1.807, 2.05) is 6.07 Å². The van der Waals surface area contributed by atoms with Crippen LogP contribution in [0, 0.1) is 5.39 Å². The Bertz CT molecular complexity index is 256. The number of rotatable bonds is 0. The van der Waals surface area contributed by atoms with Crippen molar-refractivity contribution in [3.63, 3.8) is 0 Å². The molecule has 0 aliphatic heterocycles. The predicted molar refractivity (Wildman–Crippen MR) is 38.4 cm³/mol. The van der Waals surface area contributed by atoms with Crippen LogP contribution in [0.1, 0.15) is 0 Å². The second-order valence-electron chi connectivity index (χ2n) is 1.59. The first-order valence-electron chi connectivity index (χ1n) is 2.47. The largest absolute Gasteiger partial charge is 1.00 e. The molecule has 1 rings (SSSR count). The number of hydrogen-bond donors (Lipinski definition) is 1. The average molecular weight is 173 g/mol. The quantitative estimate of drug-likeness (QED) is 0.414. The Morgan fingerprint density at radius 1 is 1.30 bits per heavy atom. The van der Waals surface area contributed by atoms with E-state index in [4.69, 9.17) is 5.39 Å². The summed E-state index contributed by atoms with van der Waals surface area (Å²) >= 11 is 4.02. The molecule has 0 saturated carbocycles. The molecular weight excluding hydrogens is 168 g/mol. The lowest BCUT2D eigenvalue weighted by atomic mass is 10.3. The van der Waals surface area contributed by atoms with Gasteiger partial charge in [0.15, 0.2) is 4.98 Å². The molecule has 0 fully saturated rings. The third-order valence-electron chi connectivity index (χ3n) is 0.989. The summed E-state index contributed by atoms with van der Waals surface area (Å²) in [6.07, 6.45) is 0. The standard InChI is InChI=1S/C6H4N2S.ClH/c7-8-5-3-1-2-4-6(5)9;/h1-4H;1H. The smallest absolute Gasteiger partial charge is 0.398 e. The summed E-state index contributed by atoms with van der Waals surface area (Å²) in [7, 11) is 0. The summed E-state index contributed by atoms with van der Waals surface area (Å²) in [5.41, 5.74) is 0.501. The zero-order valence-electron chi connectivity index (χ0n) is 5.03. The maximum atomic E-state index is 8.29. The van der Waals surface area contributed by atoms with Gasteiger partial charge in [0.05, 0.1) is 4.90 Å². The van der Waals surface area contributed by atoms with Crippen molar-refractivity contribution in [1.82, 2.24) is 0 Å². The van der Waals surface area contributed by atoms with Gasteiger partial charge < -0.3 is 12.4 Å². The van der Waals surface area contributed by atoms with Gasteiger partial charge in [-0.25, -0.2) is 0 Å². The van der Waals surface area contributed by atoms with Crippen LogP contribution < -0.4 is 12.4 Å². The van der Waals surface area contributed by atoms with Crippen molar-refractivity contribution in [2.75, 3.05) is 0 Å². The molecule has 1 aromatic rings. The number of thiol groups is 1. The molecule has 0 aliphatic rings. The van der Waals surface area contributed by atoms with Crippen LogP contribution >= 0.6 is 12.6 Å². The second kappa shape index (κ2) is 4.15. The number of diazo groups is 1. The van der Waals surface area contributed by atoms with Crippen LogP contribution in [0.15, 0.2) is 29.2 Å². The number of halogens is 1. The molecule has 10 heavy (non-hydrogen) atoms. The lowest BCUT2D eigenvalue weighted by molar-refractivity contribution is -0.00000196. The SMILES string of the molecule is N#[N+]c1ccccc1S.[Cl-]. The maximum Gasteiger partial charge on any atom is 0.398 e. The fraction of sp³-hybridized carbons (Fsp3) is 0. The maximum absolute atomic E-state index is 8.29. The Hall–Kier alpha value is -0.720. The van der Waals surface area contributed by atoms with Gasteiger partial charge in [-0.15, -0.1) is 12.6 Å². The van der Waals surface area contributed by atoms with Crippen LogP contribution in [0.25, 0.3) is 4.98 Å². The van der Waals surface area contributed by atoms with Gasteiger partial charge in [0, 0.05) is 6.07 Å². The normalized spacial score (nSPS) is 7.60. The molecule has 2 nitrogen and oxygen atoms in total. The van der Waals surface area contributed by atoms with E-state index in [1.54, 1.807) is 18.2 Å². The summed E-state index contributed by atoms with van der Waals surface area (Å²) in [5, 5.41) is 8.29. The molecule has 0 radical (unpaired) electrons. The van der Waals surface area contributed by atoms with Crippen LogP contribution in [0.3, 0.4) is 0 Å².